The molecule has 0 saturated carbocycles. The Hall–Kier alpha value is -1.56. The Morgan fingerprint density at radius 2 is 2.04 bits per heavy atom. The van der Waals surface area contributed by atoms with E-state index in [0.717, 1.165) is 37.2 Å². The van der Waals surface area contributed by atoms with Crippen molar-refractivity contribution < 1.29 is 14.3 Å². The number of carbonyl (C=O) groups excluding carboxylic acids is 1. The highest BCUT2D eigenvalue weighted by Crippen LogP contribution is 2.31. The predicted octanol–water partition coefficient (Wildman–Crippen LogP) is 3.77. The second-order valence-corrected chi connectivity index (χ2v) is 7.77. The van der Waals surface area contributed by atoms with E-state index < -0.39 is 5.60 Å². The van der Waals surface area contributed by atoms with E-state index in [1.165, 1.54) is 0 Å². The molecule has 1 fully saturated rings. The third-order valence-corrected chi connectivity index (χ3v) is 4.71. The zero-order chi connectivity index (χ0) is 18.7. The number of rotatable bonds is 6. The van der Waals surface area contributed by atoms with Gasteiger partial charge in [0.15, 0.2) is 0 Å². The summed E-state index contributed by atoms with van der Waals surface area (Å²) in [5, 5.41) is 4.58. The molecule has 1 aliphatic heterocycles. The van der Waals surface area contributed by atoms with Crippen LogP contribution in [0, 0.1) is 0 Å². The smallest absolute Gasteiger partial charge is 0.410 e. The number of aryl methyl sites for hydroxylation is 2. The Morgan fingerprint density at radius 3 is 2.60 bits per heavy atom. The van der Waals surface area contributed by atoms with Crippen LogP contribution in [0.1, 0.15) is 65.8 Å². The number of hydrogen-bond acceptors (Lipinski definition) is 4. The third kappa shape index (κ3) is 4.97. The maximum absolute atomic E-state index is 12.3. The first kappa shape index (κ1) is 19.8. The summed E-state index contributed by atoms with van der Waals surface area (Å²) in [5.74, 6) is 0. The van der Waals surface area contributed by atoms with E-state index >= 15 is 0 Å². The molecule has 0 bridgehead atoms. The van der Waals surface area contributed by atoms with E-state index in [-0.39, 0.29) is 11.7 Å². The topological polar surface area (TPSA) is 56.6 Å². The summed E-state index contributed by atoms with van der Waals surface area (Å²) >= 11 is 0. The summed E-state index contributed by atoms with van der Waals surface area (Å²) in [6, 6.07) is 2.12. The van der Waals surface area contributed by atoms with Gasteiger partial charge in [0.2, 0.25) is 0 Å². The van der Waals surface area contributed by atoms with Crippen molar-refractivity contribution in [2.24, 2.45) is 0 Å². The van der Waals surface area contributed by atoms with Gasteiger partial charge in [0.1, 0.15) is 5.60 Å². The molecule has 1 saturated heterocycles. The maximum Gasteiger partial charge on any atom is 0.410 e. The lowest BCUT2D eigenvalue weighted by Gasteiger charge is -2.29. The molecule has 2 rings (SSSR count). The summed E-state index contributed by atoms with van der Waals surface area (Å²) in [6.07, 6.45) is 2.38. The van der Waals surface area contributed by atoms with Gasteiger partial charge < -0.3 is 14.4 Å². The van der Waals surface area contributed by atoms with Gasteiger partial charge in [0.05, 0.1) is 30.1 Å². The highest BCUT2D eigenvalue weighted by molar-refractivity contribution is 5.68. The summed E-state index contributed by atoms with van der Waals surface area (Å²) in [4.78, 5) is 14.1. The van der Waals surface area contributed by atoms with Gasteiger partial charge in [-0.15, -0.1) is 0 Å². The summed E-state index contributed by atoms with van der Waals surface area (Å²) in [6.45, 7) is 14.6. The second kappa shape index (κ2) is 7.77. The zero-order valence-electron chi connectivity index (χ0n) is 16.6. The molecule has 25 heavy (non-hydrogen) atoms. The first-order valence-corrected chi connectivity index (χ1v) is 9.39. The first-order valence-electron chi connectivity index (χ1n) is 9.39. The molecule has 0 N–H and O–H groups in total. The fourth-order valence-corrected chi connectivity index (χ4v) is 3.14. The van der Waals surface area contributed by atoms with Crippen molar-refractivity contribution in [1.29, 1.82) is 0 Å². The minimum Gasteiger partial charge on any atom is -0.444 e. The fourth-order valence-electron chi connectivity index (χ4n) is 3.14. The van der Waals surface area contributed by atoms with Crippen LogP contribution in [0.3, 0.4) is 0 Å². The number of aromatic nitrogens is 2. The highest BCUT2D eigenvalue weighted by Gasteiger charge is 2.41. The van der Waals surface area contributed by atoms with E-state index in [9.17, 15) is 4.79 Å². The van der Waals surface area contributed by atoms with Crippen LogP contribution in [0.4, 0.5) is 4.79 Å². The van der Waals surface area contributed by atoms with Crippen molar-refractivity contribution in [3.63, 3.8) is 0 Å². The maximum atomic E-state index is 12.3. The van der Waals surface area contributed by atoms with Crippen LogP contribution in [0.2, 0.25) is 0 Å². The Bertz CT molecular complexity index is 591. The van der Waals surface area contributed by atoms with E-state index in [2.05, 4.69) is 31.9 Å². The summed E-state index contributed by atoms with van der Waals surface area (Å²) in [5.41, 5.74) is 1.42. The van der Waals surface area contributed by atoms with Crippen LogP contribution in [0.5, 0.6) is 0 Å². The molecule has 0 radical (unpaired) electrons. The number of carbonyl (C=O) groups is 1. The van der Waals surface area contributed by atoms with Crippen molar-refractivity contribution in [2.75, 3.05) is 13.1 Å². The Morgan fingerprint density at radius 1 is 1.32 bits per heavy atom. The van der Waals surface area contributed by atoms with Crippen molar-refractivity contribution in [2.45, 2.75) is 85.2 Å². The number of nitrogens with zero attached hydrogens (tertiary/aromatic N) is 3. The van der Waals surface area contributed by atoms with E-state index in [1.54, 1.807) is 4.90 Å². The number of hydrogen-bond donors (Lipinski definition) is 0. The molecule has 1 unspecified atom stereocenters. The van der Waals surface area contributed by atoms with Crippen LogP contribution < -0.4 is 0 Å². The van der Waals surface area contributed by atoms with Gasteiger partial charge in [-0.25, -0.2) is 4.79 Å². The first-order chi connectivity index (χ1) is 11.7. The van der Waals surface area contributed by atoms with Crippen molar-refractivity contribution in [1.82, 2.24) is 14.7 Å². The summed E-state index contributed by atoms with van der Waals surface area (Å²) in [7, 11) is 0. The van der Waals surface area contributed by atoms with Crippen LogP contribution in [-0.2, 0) is 29.0 Å². The molecule has 1 aliphatic rings. The standard InChI is InChI=1S/C19H33N3O3/c1-7-15-12-16(22(9-3)20-15)13-24-19(8-2)10-11-21(14-19)17(23)25-18(4,5)6/h12H,7-11,13-14H2,1-6H3. The van der Waals surface area contributed by atoms with Gasteiger partial charge in [0, 0.05) is 13.1 Å². The van der Waals surface area contributed by atoms with Crippen LogP contribution in [0.25, 0.3) is 0 Å². The van der Waals surface area contributed by atoms with Crippen molar-refractivity contribution >= 4 is 6.09 Å². The monoisotopic (exact) mass is 351 g/mol. The van der Waals surface area contributed by atoms with Gasteiger partial charge in [-0.3, -0.25) is 4.68 Å². The third-order valence-electron chi connectivity index (χ3n) is 4.71. The van der Waals surface area contributed by atoms with E-state index in [1.807, 2.05) is 25.5 Å². The average Bonchev–Trinajstić information content (AvgIpc) is 3.16. The van der Waals surface area contributed by atoms with Crippen LogP contribution in [0.15, 0.2) is 6.07 Å². The molecular formula is C19H33N3O3. The molecule has 6 heteroatoms. The largest absolute Gasteiger partial charge is 0.444 e. The van der Waals surface area contributed by atoms with Gasteiger partial charge in [0.25, 0.3) is 0 Å². The Balaban J connectivity index is 2.00. The lowest BCUT2D eigenvalue weighted by atomic mass is 10.00. The molecule has 6 nitrogen and oxygen atoms in total. The minimum absolute atomic E-state index is 0.252. The number of ether oxygens (including phenoxy) is 2. The van der Waals surface area contributed by atoms with E-state index in [4.69, 9.17) is 9.47 Å². The molecular weight excluding hydrogens is 318 g/mol. The fraction of sp³-hybridized carbons (Fsp3) is 0.789. The van der Waals surface area contributed by atoms with Crippen molar-refractivity contribution in [3.8, 4) is 0 Å². The molecule has 0 spiro atoms. The normalized spacial score (nSPS) is 21.0. The van der Waals surface area contributed by atoms with Gasteiger partial charge in [-0.1, -0.05) is 13.8 Å². The highest BCUT2D eigenvalue weighted by atomic mass is 16.6. The lowest BCUT2D eigenvalue weighted by Crippen LogP contribution is -2.40. The Kier molecular flexibility index (Phi) is 6.14. The van der Waals surface area contributed by atoms with Crippen LogP contribution >= 0.6 is 0 Å². The van der Waals surface area contributed by atoms with Crippen molar-refractivity contribution in [3.05, 3.63) is 17.5 Å². The molecule has 2 heterocycles. The van der Waals surface area contributed by atoms with Gasteiger partial charge in [-0.2, -0.15) is 5.10 Å². The summed E-state index contributed by atoms with van der Waals surface area (Å²) < 4.78 is 13.8. The van der Waals surface area contributed by atoms with Gasteiger partial charge >= 0.3 is 6.09 Å². The number of amides is 1. The van der Waals surface area contributed by atoms with Crippen LogP contribution in [-0.4, -0.2) is 45.1 Å². The predicted molar refractivity (Wildman–Crippen MR) is 97.5 cm³/mol. The van der Waals surface area contributed by atoms with E-state index in [0.29, 0.717) is 19.7 Å². The molecule has 1 aromatic rings. The molecule has 142 valence electrons. The quantitative estimate of drug-likeness (QED) is 0.783. The lowest BCUT2D eigenvalue weighted by molar-refractivity contribution is -0.0550. The Labute approximate surface area is 151 Å². The number of likely N-dealkylation sites (tertiary alicyclic amines) is 1. The average molecular weight is 351 g/mol. The molecule has 0 aromatic carbocycles. The molecule has 0 aliphatic carbocycles. The zero-order valence-corrected chi connectivity index (χ0v) is 16.6. The molecule has 1 aromatic heterocycles. The molecule has 1 atom stereocenters. The second-order valence-electron chi connectivity index (χ2n) is 7.77. The van der Waals surface area contributed by atoms with Gasteiger partial charge in [-0.05, 0) is 53.0 Å². The molecule has 1 amide bonds. The SMILES string of the molecule is CCc1cc(COC2(CC)CCN(C(=O)OC(C)(C)C)C2)n(CC)n1. The minimum atomic E-state index is -0.473.